The number of nitrogens with zero attached hydrogens (tertiary/aromatic N) is 1. The second-order valence-electron chi connectivity index (χ2n) is 9.17. The van der Waals surface area contributed by atoms with Gasteiger partial charge in [0.25, 0.3) is 0 Å². The number of methoxy groups -OCH3 is 2. The monoisotopic (exact) mass is 434 g/mol. The molecule has 0 aliphatic carbocycles. The number of carboxylic acid groups (broad SMARTS) is 1. The van der Waals surface area contributed by atoms with E-state index in [1.165, 1.54) is 22.1 Å². The molecular formula is C26H30N2O4. The van der Waals surface area contributed by atoms with E-state index in [-0.39, 0.29) is 11.6 Å². The number of aromatic carboxylic acids is 1. The second-order valence-corrected chi connectivity index (χ2v) is 9.17. The number of aryl methyl sites for hydroxylation is 1. The van der Waals surface area contributed by atoms with Crippen LogP contribution in [0.4, 0.5) is 0 Å². The Kier molecular flexibility index (Phi) is 5.22. The molecule has 0 amide bonds. The van der Waals surface area contributed by atoms with Crippen LogP contribution in [0.25, 0.3) is 10.9 Å². The van der Waals surface area contributed by atoms with Crippen molar-refractivity contribution in [2.45, 2.75) is 56.8 Å². The van der Waals surface area contributed by atoms with Crippen LogP contribution >= 0.6 is 0 Å². The maximum Gasteiger partial charge on any atom is 0.335 e. The smallest absolute Gasteiger partial charge is 0.335 e. The van der Waals surface area contributed by atoms with Crippen LogP contribution in [-0.4, -0.2) is 47.3 Å². The summed E-state index contributed by atoms with van der Waals surface area (Å²) in [4.78, 5) is 17.4. The maximum absolute atomic E-state index is 11.4. The van der Waals surface area contributed by atoms with Gasteiger partial charge in [0.2, 0.25) is 0 Å². The normalized spacial score (nSPS) is 25.3. The molecule has 2 N–H and O–H groups in total. The van der Waals surface area contributed by atoms with Crippen LogP contribution < -0.4 is 4.74 Å². The predicted octanol–water partition coefficient (Wildman–Crippen LogP) is 4.85. The number of aromatic amines is 1. The van der Waals surface area contributed by atoms with E-state index in [4.69, 9.17) is 9.47 Å². The highest BCUT2D eigenvalue weighted by molar-refractivity contribution is 5.88. The zero-order chi connectivity index (χ0) is 22.5. The van der Waals surface area contributed by atoms with Gasteiger partial charge < -0.3 is 19.6 Å². The number of rotatable bonds is 6. The maximum atomic E-state index is 11.4. The highest BCUT2D eigenvalue weighted by atomic mass is 16.5. The minimum atomic E-state index is -0.896. The van der Waals surface area contributed by atoms with Gasteiger partial charge in [0.1, 0.15) is 5.75 Å². The standard InChI is InChI=1S/C26H30N2O4/c1-16-12-23(32-3)22(21-9-11-27-24(16)21)15-28-19-8-10-26(28,14-20(13-19)31-2)18-6-4-17(5-7-18)25(29)30/h4-7,9,11-12,19-20,27H,8,10,13-15H2,1-3H3,(H,29,30)/t19-,20-,26?/m1/s1. The fourth-order valence-electron chi connectivity index (χ4n) is 6.04. The van der Waals surface area contributed by atoms with E-state index in [0.717, 1.165) is 43.5 Å². The van der Waals surface area contributed by atoms with Crippen LogP contribution in [0.15, 0.2) is 42.6 Å². The zero-order valence-electron chi connectivity index (χ0n) is 18.9. The summed E-state index contributed by atoms with van der Waals surface area (Å²) >= 11 is 0. The molecule has 0 saturated carbocycles. The van der Waals surface area contributed by atoms with Crippen molar-refractivity contribution >= 4 is 16.9 Å². The summed E-state index contributed by atoms with van der Waals surface area (Å²) in [6.45, 7) is 2.88. The van der Waals surface area contributed by atoms with Gasteiger partial charge in [0.05, 0.1) is 18.8 Å². The van der Waals surface area contributed by atoms with Crippen LogP contribution in [-0.2, 0) is 16.8 Å². The summed E-state index contributed by atoms with van der Waals surface area (Å²) in [7, 11) is 3.54. The van der Waals surface area contributed by atoms with Crippen molar-refractivity contribution in [2.75, 3.05) is 14.2 Å². The molecule has 2 aliphatic rings. The largest absolute Gasteiger partial charge is 0.496 e. The number of ether oxygens (including phenoxy) is 2. The molecule has 1 unspecified atom stereocenters. The molecule has 2 bridgehead atoms. The Balaban J connectivity index is 1.60. The second kappa shape index (κ2) is 7.94. The first kappa shape index (κ1) is 21.0. The molecule has 5 rings (SSSR count). The van der Waals surface area contributed by atoms with Gasteiger partial charge in [-0.05, 0) is 68.0 Å². The molecule has 1 aromatic heterocycles. The molecule has 0 spiro atoms. The number of fused-ring (bicyclic) bond motifs is 3. The van der Waals surface area contributed by atoms with Crippen molar-refractivity contribution in [1.82, 2.24) is 9.88 Å². The van der Waals surface area contributed by atoms with Crippen molar-refractivity contribution in [3.05, 3.63) is 64.8 Å². The third-order valence-corrected chi connectivity index (χ3v) is 7.64. The number of carbonyl (C=O) groups is 1. The molecule has 2 saturated heterocycles. The fourth-order valence-corrected chi connectivity index (χ4v) is 6.04. The molecule has 2 aromatic carbocycles. The number of aromatic nitrogens is 1. The van der Waals surface area contributed by atoms with Gasteiger partial charge in [-0.25, -0.2) is 4.79 Å². The number of benzene rings is 2. The van der Waals surface area contributed by atoms with Crippen LogP contribution in [0.2, 0.25) is 0 Å². The van der Waals surface area contributed by atoms with Crippen LogP contribution in [0, 0.1) is 6.92 Å². The quantitative estimate of drug-likeness (QED) is 0.580. The van der Waals surface area contributed by atoms with E-state index in [9.17, 15) is 9.90 Å². The summed E-state index contributed by atoms with van der Waals surface area (Å²) in [5.41, 5.74) is 4.83. The molecule has 3 heterocycles. The van der Waals surface area contributed by atoms with Crippen LogP contribution in [0.3, 0.4) is 0 Å². The predicted molar refractivity (Wildman–Crippen MR) is 123 cm³/mol. The molecule has 3 aromatic rings. The number of piperidine rings is 1. The van der Waals surface area contributed by atoms with Crippen molar-refractivity contribution in [2.24, 2.45) is 0 Å². The van der Waals surface area contributed by atoms with Crippen molar-refractivity contribution in [3.8, 4) is 5.75 Å². The lowest BCUT2D eigenvalue weighted by Gasteiger charge is -2.48. The van der Waals surface area contributed by atoms with Crippen LogP contribution in [0.1, 0.15) is 52.7 Å². The van der Waals surface area contributed by atoms with Crippen LogP contribution in [0.5, 0.6) is 5.75 Å². The Morgan fingerprint density at radius 2 is 2.03 bits per heavy atom. The molecule has 0 radical (unpaired) electrons. The molecule has 2 aliphatic heterocycles. The van der Waals surface area contributed by atoms with E-state index in [1.54, 1.807) is 26.4 Å². The summed E-state index contributed by atoms with van der Waals surface area (Å²) < 4.78 is 11.7. The average molecular weight is 435 g/mol. The fraction of sp³-hybridized carbons (Fsp3) is 0.423. The molecule has 2 fully saturated rings. The first-order chi connectivity index (χ1) is 15.5. The molecule has 168 valence electrons. The Morgan fingerprint density at radius 1 is 1.25 bits per heavy atom. The van der Waals surface area contributed by atoms with Gasteiger partial charge in [-0.2, -0.15) is 0 Å². The van der Waals surface area contributed by atoms with Gasteiger partial charge in [0, 0.05) is 47.9 Å². The Hall–Kier alpha value is -2.83. The number of hydrogen-bond acceptors (Lipinski definition) is 4. The van der Waals surface area contributed by atoms with Gasteiger partial charge >= 0.3 is 5.97 Å². The zero-order valence-corrected chi connectivity index (χ0v) is 18.9. The summed E-state index contributed by atoms with van der Waals surface area (Å²) in [6.07, 6.45) is 6.24. The highest BCUT2D eigenvalue weighted by Crippen LogP contribution is 2.52. The van der Waals surface area contributed by atoms with Gasteiger partial charge in [-0.1, -0.05) is 12.1 Å². The highest BCUT2D eigenvalue weighted by Gasteiger charge is 2.52. The van der Waals surface area contributed by atoms with Crippen molar-refractivity contribution in [1.29, 1.82) is 0 Å². The topological polar surface area (TPSA) is 74.8 Å². The summed E-state index contributed by atoms with van der Waals surface area (Å²) in [6, 6.07) is 12.1. The van der Waals surface area contributed by atoms with Gasteiger partial charge in [-0.15, -0.1) is 0 Å². The first-order valence-corrected chi connectivity index (χ1v) is 11.2. The molecule has 6 nitrogen and oxygen atoms in total. The molecular weight excluding hydrogens is 404 g/mol. The molecule has 6 heteroatoms. The van der Waals surface area contributed by atoms with E-state index in [1.807, 2.05) is 18.3 Å². The molecule has 3 atom stereocenters. The SMILES string of the molecule is COc1cc(C)c2[nH]ccc2c1CN1[C@@H]2CCC1(c1ccc(C(=O)O)cc1)C[C@H](OC)C2. The third kappa shape index (κ3) is 3.21. The lowest BCUT2D eigenvalue weighted by molar-refractivity contribution is -0.0460. The lowest BCUT2D eigenvalue weighted by atomic mass is 9.79. The Morgan fingerprint density at radius 3 is 2.72 bits per heavy atom. The number of hydrogen-bond donors (Lipinski definition) is 2. The molecule has 32 heavy (non-hydrogen) atoms. The Labute approximate surface area is 188 Å². The van der Waals surface area contributed by atoms with Gasteiger partial charge in [-0.3, -0.25) is 4.90 Å². The summed E-state index contributed by atoms with van der Waals surface area (Å²) in [5, 5.41) is 10.6. The number of H-pyrrole nitrogens is 1. The van der Waals surface area contributed by atoms with E-state index in [0.29, 0.717) is 11.6 Å². The minimum Gasteiger partial charge on any atom is -0.496 e. The average Bonchev–Trinajstić information content (AvgIpc) is 3.37. The Bertz CT molecular complexity index is 1150. The number of nitrogens with one attached hydrogen (secondary N) is 1. The van der Waals surface area contributed by atoms with E-state index >= 15 is 0 Å². The van der Waals surface area contributed by atoms with Crippen molar-refractivity contribution < 1.29 is 19.4 Å². The van der Waals surface area contributed by atoms with E-state index in [2.05, 4.69) is 28.9 Å². The third-order valence-electron chi connectivity index (χ3n) is 7.64. The van der Waals surface area contributed by atoms with E-state index < -0.39 is 5.97 Å². The number of carboxylic acids is 1. The minimum absolute atomic E-state index is 0.181. The lowest BCUT2D eigenvalue weighted by Crippen LogP contribution is -2.52. The first-order valence-electron chi connectivity index (χ1n) is 11.2. The van der Waals surface area contributed by atoms with Crippen molar-refractivity contribution in [3.63, 3.8) is 0 Å². The van der Waals surface area contributed by atoms with Gasteiger partial charge in [0.15, 0.2) is 0 Å². The summed E-state index contributed by atoms with van der Waals surface area (Å²) in [5.74, 6) is 0.0205.